The average molecular weight is 295 g/mol. The fraction of sp³-hybridized carbons (Fsp3) is 0.588. The normalized spacial score (nSPS) is 12.1. The van der Waals surface area contributed by atoms with Gasteiger partial charge in [-0.05, 0) is 18.6 Å². The highest BCUT2D eigenvalue weighted by Crippen LogP contribution is 2.17. The molecular weight excluding hydrogens is 269 g/mol. The molecule has 0 aliphatic carbocycles. The van der Waals surface area contributed by atoms with Crippen LogP contribution in [0.15, 0.2) is 24.3 Å². The summed E-state index contributed by atoms with van der Waals surface area (Å²) in [6.45, 7) is 2.19. The number of carboxylic acid groups (broad SMARTS) is 1. The van der Waals surface area contributed by atoms with Gasteiger partial charge in [-0.3, -0.25) is 0 Å². The lowest BCUT2D eigenvalue weighted by molar-refractivity contribution is -0.138. The maximum Gasteiger partial charge on any atom is 0.326 e. The fourth-order valence-electron chi connectivity index (χ4n) is 2.33. The molecule has 2 N–H and O–H groups in total. The topological polar surface area (TPSA) is 49.3 Å². The van der Waals surface area contributed by atoms with Crippen molar-refractivity contribution in [3.63, 3.8) is 0 Å². The minimum atomic E-state index is -0.927. The van der Waals surface area contributed by atoms with Crippen LogP contribution in [0.1, 0.15) is 58.3 Å². The van der Waals surface area contributed by atoms with Crippen LogP contribution in [0.4, 0.5) is 10.1 Å². The Balaban J connectivity index is 2.31. The lowest BCUT2D eigenvalue weighted by atomic mass is 10.0. The van der Waals surface area contributed by atoms with Crippen molar-refractivity contribution >= 4 is 11.7 Å². The predicted octanol–water partition coefficient (Wildman–Crippen LogP) is 4.83. The molecule has 0 fully saturated rings. The summed E-state index contributed by atoms with van der Waals surface area (Å²) in [7, 11) is 0. The molecule has 0 bridgehead atoms. The predicted molar refractivity (Wildman–Crippen MR) is 84.1 cm³/mol. The van der Waals surface area contributed by atoms with Gasteiger partial charge in [0.15, 0.2) is 0 Å². The Labute approximate surface area is 126 Å². The Morgan fingerprint density at radius 3 is 2.38 bits per heavy atom. The van der Waals surface area contributed by atoms with Crippen LogP contribution in [0.3, 0.4) is 0 Å². The van der Waals surface area contributed by atoms with E-state index >= 15 is 0 Å². The summed E-state index contributed by atoms with van der Waals surface area (Å²) in [5.41, 5.74) is 0.257. The molecule has 0 radical (unpaired) electrons. The van der Waals surface area contributed by atoms with E-state index in [4.69, 9.17) is 0 Å². The molecule has 1 unspecified atom stereocenters. The molecule has 1 aromatic rings. The number of nitrogens with one attached hydrogen (secondary N) is 1. The van der Waals surface area contributed by atoms with Crippen molar-refractivity contribution in [1.29, 1.82) is 0 Å². The molecule has 21 heavy (non-hydrogen) atoms. The minimum Gasteiger partial charge on any atom is -0.480 e. The third-order valence-electron chi connectivity index (χ3n) is 3.60. The van der Waals surface area contributed by atoms with Crippen LogP contribution < -0.4 is 5.32 Å². The van der Waals surface area contributed by atoms with E-state index < -0.39 is 17.8 Å². The summed E-state index contributed by atoms with van der Waals surface area (Å²) >= 11 is 0. The lowest BCUT2D eigenvalue weighted by Gasteiger charge is -2.16. The molecule has 3 nitrogen and oxygen atoms in total. The first-order chi connectivity index (χ1) is 10.1. The van der Waals surface area contributed by atoms with E-state index in [0.29, 0.717) is 6.42 Å². The second-order valence-electron chi connectivity index (χ2n) is 5.43. The van der Waals surface area contributed by atoms with Gasteiger partial charge in [0.2, 0.25) is 0 Å². The average Bonchev–Trinajstić information content (AvgIpc) is 2.46. The van der Waals surface area contributed by atoms with Gasteiger partial charge in [-0.15, -0.1) is 0 Å². The summed E-state index contributed by atoms with van der Waals surface area (Å²) in [4.78, 5) is 11.2. The zero-order valence-electron chi connectivity index (χ0n) is 12.8. The molecule has 0 aliphatic heterocycles. The maximum atomic E-state index is 13.5. The molecule has 4 heteroatoms. The van der Waals surface area contributed by atoms with E-state index in [0.717, 1.165) is 19.3 Å². The van der Waals surface area contributed by atoms with E-state index in [-0.39, 0.29) is 5.69 Å². The summed E-state index contributed by atoms with van der Waals surface area (Å²) in [5, 5.41) is 12.0. The molecular formula is C17H26FNO2. The van der Waals surface area contributed by atoms with Gasteiger partial charge in [-0.2, -0.15) is 0 Å². The molecule has 0 spiro atoms. The van der Waals surface area contributed by atoms with Crippen LogP contribution in [0.5, 0.6) is 0 Å². The van der Waals surface area contributed by atoms with Crippen molar-refractivity contribution in [2.75, 3.05) is 5.32 Å². The first-order valence-corrected chi connectivity index (χ1v) is 7.89. The fourth-order valence-corrected chi connectivity index (χ4v) is 2.33. The van der Waals surface area contributed by atoms with Crippen molar-refractivity contribution in [3.05, 3.63) is 30.1 Å². The standard InChI is InChI=1S/C17H26FNO2/c1-2-3-4-5-6-7-8-13-16(17(20)21)19-15-12-10-9-11-14(15)18/h9-12,16,19H,2-8,13H2,1H3,(H,20,21). The number of para-hydroxylation sites is 1. The molecule has 1 atom stereocenters. The summed E-state index contributed by atoms with van der Waals surface area (Å²) < 4.78 is 13.5. The van der Waals surface area contributed by atoms with Gasteiger partial charge in [0.1, 0.15) is 11.9 Å². The van der Waals surface area contributed by atoms with E-state index in [1.54, 1.807) is 18.2 Å². The molecule has 1 rings (SSSR count). The van der Waals surface area contributed by atoms with E-state index in [1.165, 1.54) is 31.7 Å². The highest BCUT2D eigenvalue weighted by atomic mass is 19.1. The van der Waals surface area contributed by atoms with Crippen LogP contribution in [0.25, 0.3) is 0 Å². The Kier molecular flexibility index (Phi) is 8.48. The van der Waals surface area contributed by atoms with Gasteiger partial charge < -0.3 is 10.4 Å². The zero-order valence-corrected chi connectivity index (χ0v) is 12.8. The number of hydrogen-bond donors (Lipinski definition) is 2. The van der Waals surface area contributed by atoms with E-state index in [2.05, 4.69) is 12.2 Å². The molecule has 0 amide bonds. The molecule has 0 aromatic heterocycles. The molecule has 0 saturated heterocycles. The molecule has 0 saturated carbocycles. The summed E-state index contributed by atoms with van der Waals surface area (Å²) in [5.74, 6) is -1.34. The Morgan fingerprint density at radius 2 is 1.76 bits per heavy atom. The van der Waals surface area contributed by atoms with Crippen molar-refractivity contribution < 1.29 is 14.3 Å². The molecule has 1 aromatic carbocycles. The quantitative estimate of drug-likeness (QED) is 0.575. The van der Waals surface area contributed by atoms with Gasteiger partial charge in [0.25, 0.3) is 0 Å². The van der Waals surface area contributed by atoms with Crippen LogP contribution >= 0.6 is 0 Å². The number of benzene rings is 1. The Bertz CT molecular complexity index is 423. The molecule has 0 heterocycles. The number of halogens is 1. The number of anilines is 1. The first-order valence-electron chi connectivity index (χ1n) is 7.89. The van der Waals surface area contributed by atoms with Gasteiger partial charge in [-0.1, -0.05) is 64.0 Å². The SMILES string of the molecule is CCCCCCCCCC(Nc1ccccc1F)C(=O)O. The number of hydrogen-bond acceptors (Lipinski definition) is 2. The van der Waals surface area contributed by atoms with Crippen LogP contribution in [0, 0.1) is 5.82 Å². The highest BCUT2D eigenvalue weighted by molar-refractivity contribution is 5.77. The third-order valence-corrected chi connectivity index (χ3v) is 3.60. The number of aliphatic carboxylic acids is 1. The van der Waals surface area contributed by atoms with E-state index in [9.17, 15) is 14.3 Å². The Hall–Kier alpha value is -1.58. The zero-order chi connectivity index (χ0) is 15.5. The third kappa shape index (κ3) is 7.11. The monoisotopic (exact) mass is 295 g/mol. The number of carbonyl (C=O) groups is 1. The minimum absolute atomic E-state index is 0.257. The summed E-state index contributed by atoms with van der Waals surface area (Å²) in [6.07, 6.45) is 8.53. The van der Waals surface area contributed by atoms with Crippen molar-refractivity contribution in [2.24, 2.45) is 0 Å². The number of carboxylic acids is 1. The van der Waals surface area contributed by atoms with Crippen LogP contribution in [-0.4, -0.2) is 17.1 Å². The molecule has 0 aliphatic rings. The van der Waals surface area contributed by atoms with Crippen molar-refractivity contribution in [2.45, 2.75) is 64.3 Å². The first kappa shape index (κ1) is 17.5. The van der Waals surface area contributed by atoms with E-state index in [1.807, 2.05) is 0 Å². The molecule has 118 valence electrons. The number of unbranched alkanes of at least 4 members (excludes halogenated alkanes) is 6. The Morgan fingerprint density at radius 1 is 1.14 bits per heavy atom. The van der Waals surface area contributed by atoms with Gasteiger partial charge in [0.05, 0.1) is 5.69 Å². The highest BCUT2D eigenvalue weighted by Gasteiger charge is 2.17. The van der Waals surface area contributed by atoms with Crippen LogP contribution in [-0.2, 0) is 4.79 Å². The number of rotatable bonds is 11. The van der Waals surface area contributed by atoms with Crippen molar-refractivity contribution in [1.82, 2.24) is 0 Å². The van der Waals surface area contributed by atoms with Crippen molar-refractivity contribution in [3.8, 4) is 0 Å². The van der Waals surface area contributed by atoms with Gasteiger partial charge in [-0.25, -0.2) is 9.18 Å². The van der Waals surface area contributed by atoms with Gasteiger partial charge >= 0.3 is 5.97 Å². The maximum absolute atomic E-state index is 13.5. The van der Waals surface area contributed by atoms with Gasteiger partial charge in [0, 0.05) is 0 Å². The second-order valence-corrected chi connectivity index (χ2v) is 5.43. The summed E-state index contributed by atoms with van der Waals surface area (Å²) in [6, 6.07) is 5.45. The largest absolute Gasteiger partial charge is 0.480 e. The lowest BCUT2D eigenvalue weighted by Crippen LogP contribution is -2.29. The second kappa shape index (κ2) is 10.2. The smallest absolute Gasteiger partial charge is 0.326 e. The van der Waals surface area contributed by atoms with Crippen LogP contribution in [0.2, 0.25) is 0 Å².